The largest absolute Gasteiger partial charge is 0.490 e. The maximum Gasteiger partial charge on any atom is 0.286 e. The summed E-state index contributed by atoms with van der Waals surface area (Å²) in [5.41, 5.74) is 3.32. The van der Waals surface area contributed by atoms with Crippen LogP contribution in [-0.4, -0.2) is 90.6 Å². The predicted octanol–water partition coefficient (Wildman–Crippen LogP) is 5.89. The summed E-state index contributed by atoms with van der Waals surface area (Å²) in [5.74, 6) is -0.310. The number of ether oxygens (including phenoxy) is 5. The van der Waals surface area contributed by atoms with Crippen LogP contribution in [0.5, 0.6) is 11.6 Å². The quantitative estimate of drug-likeness (QED) is 0.300. The van der Waals surface area contributed by atoms with Gasteiger partial charge in [0.1, 0.15) is 27.8 Å². The molecule has 3 aromatic rings. The van der Waals surface area contributed by atoms with Crippen molar-refractivity contribution in [3.63, 3.8) is 0 Å². The van der Waals surface area contributed by atoms with E-state index in [-0.39, 0.29) is 46.8 Å². The Morgan fingerprint density at radius 3 is 2.79 bits per heavy atom. The highest BCUT2D eigenvalue weighted by Crippen LogP contribution is 2.47. The van der Waals surface area contributed by atoms with Crippen molar-refractivity contribution in [1.29, 1.82) is 0 Å². The molecule has 4 heterocycles. The van der Waals surface area contributed by atoms with Gasteiger partial charge in [-0.3, -0.25) is 19.0 Å². The first-order valence-electron chi connectivity index (χ1n) is 19.5. The molecule has 1 saturated carbocycles. The van der Waals surface area contributed by atoms with Gasteiger partial charge in [-0.15, -0.1) is 9.46 Å². The Bertz CT molecular complexity index is 2130. The van der Waals surface area contributed by atoms with Gasteiger partial charge in [0, 0.05) is 49.4 Å². The summed E-state index contributed by atoms with van der Waals surface area (Å²) in [4.78, 5) is 30.4. The molecule has 3 aliphatic heterocycles. The molecular formula is C41H50ClN5O8S. The van der Waals surface area contributed by atoms with E-state index < -0.39 is 28.0 Å². The molecular weight excluding hydrogens is 758 g/mol. The molecule has 13 nitrogen and oxygen atoms in total. The molecule has 15 heteroatoms. The molecule has 1 spiro atoms. The van der Waals surface area contributed by atoms with Crippen LogP contribution in [0.15, 0.2) is 59.1 Å². The van der Waals surface area contributed by atoms with Crippen LogP contribution in [0.2, 0.25) is 5.02 Å². The Morgan fingerprint density at radius 2 is 2.00 bits per heavy atom. The summed E-state index contributed by atoms with van der Waals surface area (Å²) in [6.45, 7) is 4.77. The normalized spacial score (nSPS) is 29.9. The van der Waals surface area contributed by atoms with Crippen LogP contribution < -0.4 is 19.1 Å². The Labute approximate surface area is 333 Å². The van der Waals surface area contributed by atoms with Crippen LogP contribution in [-0.2, 0) is 43.0 Å². The number of rotatable bonds is 6. The number of fused-ring (bicyclic) bond motifs is 4. The molecule has 2 aliphatic carbocycles. The number of carbonyl (C=O) groups is 2. The van der Waals surface area contributed by atoms with Crippen LogP contribution in [0.4, 0.5) is 5.69 Å². The van der Waals surface area contributed by atoms with Crippen LogP contribution >= 0.6 is 11.6 Å². The van der Waals surface area contributed by atoms with Crippen molar-refractivity contribution < 1.29 is 37.5 Å². The van der Waals surface area contributed by atoms with Crippen LogP contribution in [0.25, 0.3) is 0 Å². The molecule has 1 saturated heterocycles. The minimum absolute atomic E-state index is 0.0179. The average molecular weight is 808 g/mol. The van der Waals surface area contributed by atoms with Crippen LogP contribution in [0.1, 0.15) is 70.9 Å². The van der Waals surface area contributed by atoms with E-state index in [0.717, 1.165) is 49.4 Å². The SMILES string of the molecule is CO[C@H]1/C=C/C[C@H](C)C[S@@](=O)(NC(=O)c2cn(C)nc2OCC2OCCO2)=NC(=O)c2ccc3c(c2)N(C[C@@H]2CC[C@H]21)C[C@@]1(CCCc2cc(Cl)ccc21)CO3. The fourth-order valence-electron chi connectivity index (χ4n) is 8.95. The summed E-state index contributed by atoms with van der Waals surface area (Å²) in [7, 11) is -0.263. The number of aryl methyl sites for hydroxylation is 2. The first-order chi connectivity index (χ1) is 27.0. The Morgan fingerprint density at radius 1 is 1.16 bits per heavy atom. The number of hydrogen-bond acceptors (Lipinski definition) is 10. The third-order valence-corrected chi connectivity index (χ3v) is 14.1. The van der Waals surface area contributed by atoms with Crippen molar-refractivity contribution in [3.05, 3.63) is 82.0 Å². The molecule has 5 aliphatic rings. The first-order valence-corrected chi connectivity index (χ1v) is 21.6. The van der Waals surface area contributed by atoms with E-state index in [9.17, 15) is 13.8 Å². The number of aromatic nitrogens is 2. The molecule has 8 rings (SSSR count). The number of carbonyl (C=O) groups excluding carboxylic acids is 2. The molecule has 56 heavy (non-hydrogen) atoms. The molecule has 2 aromatic carbocycles. The lowest BCUT2D eigenvalue weighted by molar-refractivity contribution is -0.0693. The summed E-state index contributed by atoms with van der Waals surface area (Å²) in [5, 5.41) is 5.01. The summed E-state index contributed by atoms with van der Waals surface area (Å²) < 4.78 is 52.6. The van der Waals surface area contributed by atoms with Gasteiger partial charge >= 0.3 is 0 Å². The number of halogens is 1. The van der Waals surface area contributed by atoms with E-state index in [1.165, 1.54) is 22.0 Å². The molecule has 6 atom stereocenters. The van der Waals surface area contributed by atoms with Gasteiger partial charge in [-0.1, -0.05) is 36.7 Å². The topological polar surface area (TPSA) is 143 Å². The predicted molar refractivity (Wildman–Crippen MR) is 212 cm³/mol. The summed E-state index contributed by atoms with van der Waals surface area (Å²) in [6, 6.07) is 11.5. The van der Waals surface area contributed by atoms with Gasteiger partial charge in [0.25, 0.3) is 11.8 Å². The van der Waals surface area contributed by atoms with Gasteiger partial charge in [0.15, 0.2) is 6.29 Å². The number of hydrogen-bond donors (Lipinski definition) is 1. The van der Waals surface area contributed by atoms with Gasteiger partial charge in [-0.05, 0) is 97.7 Å². The first kappa shape index (κ1) is 38.9. The van der Waals surface area contributed by atoms with E-state index in [1.807, 2.05) is 25.1 Å². The third kappa shape index (κ3) is 8.08. The lowest BCUT2D eigenvalue weighted by atomic mass is 9.68. The highest BCUT2D eigenvalue weighted by Gasteiger charge is 2.44. The minimum atomic E-state index is -3.67. The molecule has 0 radical (unpaired) electrons. The van der Waals surface area contributed by atoms with Gasteiger partial charge < -0.3 is 28.6 Å². The van der Waals surface area contributed by atoms with E-state index >= 15 is 0 Å². The smallest absolute Gasteiger partial charge is 0.286 e. The Balaban J connectivity index is 1.15. The second-order valence-electron chi connectivity index (χ2n) is 15.9. The molecule has 0 unspecified atom stereocenters. The zero-order chi connectivity index (χ0) is 39.0. The van der Waals surface area contributed by atoms with E-state index in [0.29, 0.717) is 50.4 Å². The van der Waals surface area contributed by atoms with Crippen molar-refractivity contribution >= 4 is 39.0 Å². The Kier molecular flexibility index (Phi) is 11.2. The monoisotopic (exact) mass is 807 g/mol. The Hall–Kier alpha value is -3.95. The number of nitrogens with one attached hydrogen (secondary N) is 1. The number of anilines is 1. The number of benzene rings is 2. The highest BCUT2D eigenvalue weighted by atomic mass is 35.5. The van der Waals surface area contributed by atoms with Crippen LogP contribution in [0, 0.1) is 17.8 Å². The van der Waals surface area contributed by atoms with Crippen LogP contribution in [0.3, 0.4) is 0 Å². The fourth-order valence-corrected chi connectivity index (χ4v) is 11.0. The standard InChI is InChI=1S/C41H50ClN5O8S/c1-26-6-4-8-35(51-3)31-12-9-29(31)20-47-24-41(15-5-7-27-18-30(42)11-13-33(27)41)25-55-36-14-10-28(19-34(36)47)38(48)44-56(50,23-26)45-39(49)32-21-46(2)43-40(32)54-22-37-52-16-17-53-37/h4,8,10-11,13-14,18-19,21,26,29,31,35,37H,5-7,9,12,15-17,20,22-25H2,1-3H3,(H,44,45,48,49,50)/b8-4+/t26-,29-,31+,35-,41-,56-/m0/s1. The van der Waals surface area contributed by atoms with Gasteiger partial charge in [0.05, 0.1) is 37.4 Å². The minimum Gasteiger partial charge on any atom is -0.490 e. The second-order valence-corrected chi connectivity index (χ2v) is 18.3. The summed E-state index contributed by atoms with van der Waals surface area (Å²) in [6.07, 6.45) is 10.6. The molecule has 300 valence electrons. The van der Waals surface area contributed by atoms with Crippen molar-refractivity contribution in [2.75, 3.05) is 57.3 Å². The molecule has 2 bridgehead atoms. The molecule has 2 amide bonds. The van der Waals surface area contributed by atoms with Crippen molar-refractivity contribution in [2.45, 2.75) is 63.3 Å². The zero-order valence-electron chi connectivity index (χ0n) is 32.1. The van der Waals surface area contributed by atoms with Crippen molar-refractivity contribution in [2.24, 2.45) is 29.2 Å². The lowest BCUT2D eigenvalue weighted by Crippen LogP contribution is -2.49. The zero-order valence-corrected chi connectivity index (χ0v) is 33.7. The summed E-state index contributed by atoms with van der Waals surface area (Å²) >= 11 is 6.47. The number of allylic oxidation sites excluding steroid dienone is 1. The number of amides is 2. The van der Waals surface area contributed by atoms with E-state index in [4.69, 9.17) is 35.3 Å². The van der Waals surface area contributed by atoms with Crippen molar-refractivity contribution in [3.8, 4) is 11.6 Å². The number of nitrogens with zero attached hydrogens (tertiary/aromatic N) is 4. The molecule has 1 N–H and O–H groups in total. The second kappa shape index (κ2) is 16.1. The molecule has 1 aromatic heterocycles. The van der Waals surface area contributed by atoms with E-state index in [2.05, 4.69) is 43.4 Å². The average Bonchev–Trinajstić information content (AvgIpc) is 3.79. The van der Waals surface area contributed by atoms with Gasteiger partial charge in [-0.25, -0.2) is 4.21 Å². The maximum absolute atomic E-state index is 14.8. The van der Waals surface area contributed by atoms with Gasteiger partial charge in [-0.2, -0.15) is 0 Å². The van der Waals surface area contributed by atoms with Crippen molar-refractivity contribution in [1.82, 2.24) is 14.5 Å². The lowest BCUT2D eigenvalue weighted by Gasteiger charge is -2.46. The van der Waals surface area contributed by atoms with E-state index in [1.54, 1.807) is 20.2 Å². The fraction of sp³-hybridized carbons (Fsp3) is 0.537. The third-order valence-electron chi connectivity index (χ3n) is 11.9. The highest BCUT2D eigenvalue weighted by molar-refractivity contribution is 7.92. The molecule has 2 fully saturated rings. The van der Waals surface area contributed by atoms with Gasteiger partial charge in [0.2, 0.25) is 5.88 Å². The number of methoxy groups -OCH3 is 1. The maximum atomic E-state index is 14.8.